The average Bonchev–Trinajstić information content (AvgIpc) is 2.68. The third-order valence-corrected chi connectivity index (χ3v) is 3.58. The van der Waals surface area contributed by atoms with Crippen LogP contribution in [0.25, 0.3) is 0 Å². The molecule has 1 aromatic carbocycles. The Kier molecular flexibility index (Phi) is 4.01. The van der Waals surface area contributed by atoms with Gasteiger partial charge in [0, 0.05) is 0 Å². The highest BCUT2D eigenvalue weighted by atomic mass is 32.1. The number of hydrogen-bond donors (Lipinski definition) is 2. The standard InChI is InChI=1S/C13H15N3O2S/c1-3-18-12(17)11-9(2)16(13(14)19-11)15-10-7-5-4-6-8-10/h4-8,14-15H,3H2,1-2H3. The molecule has 0 saturated heterocycles. The fraction of sp³-hybridized carbons (Fsp3) is 0.231. The minimum absolute atomic E-state index is 0.254. The van der Waals surface area contributed by atoms with Crippen LogP contribution in [0.2, 0.25) is 0 Å². The number of ether oxygens (including phenoxy) is 1. The molecule has 0 bridgehead atoms. The second kappa shape index (κ2) is 5.71. The van der Waals surface area contributed by atoms with Crippen molar-refractivity contribution in [2.24, 2.45) is 0 Å². The molecule has 2 N–H and O–H groups in total. The van der Waals surface area contributed by atoms with Gasteiger partial charge in [0.15, 0.2) is 0 Å². The van der Waals surface area contributed by atoms with Gasteiger partial charge in [-0.2, -0.15) is 0 Å². The molecule has 0 unspecified atom stereocenters. The highest BCUT2D eigenvalue weighted by Gasteiger charge is 2.17. The van der Waals surface area contributed by atoms with Crippen LogP contribution in [0.5, 0.6) is 0 Å². The Morgan fingerprint density at radius 3 is 2.74 bits per heavy atom. The van der Waals surface area contributed by atoms with Crippen LogP contribution in [0.4, 0.5) is 5.69 Å². The first-order valence-electron chi connectivity index (χ1n) is 5.89. The zero-order valence-corrected chi connectivity index (χ0v) is 11.6. The minimum Gasteiger partial charge on any atom is -0.462 e. The smallest absolute Gasteiger partial charge is 0.350 e. The number of para-hydroxylation sites is 1. The van der Waals surface area contributed by atoms with E-state index < -0.39 is 0 Å². The number of nitrogens with one attached hydrogen (secondary N) is 2. The van der Waals surface area contributed by atoms with Crippen molar-refractivity contribution >= 4 is 23.0 Å². The number of benzene rings is 1. The number of aromatic nitrogens is 1. The maximum absolute atomic E-state index is 11.7. The summed E-state index contributed by atoms with van der Waals surface area (Å²) in [6, 6.07) is 9.52. The number of carbonyl (C=O) groups is 1. The Hall–Kier alpha value is -2.08. The van der Waals surface area contributed by atoms with Crippen LogP contribution in [0.3, 0.4) is 0 Å². The van der Waals surface area contributed by atoms with Crippen LogP contribution in [-0.2, 0) is 4.74 Å². The molecule has 0 spiro atoms. The number of carbonyl (C=O) groups excluding carboxylic acids is 1. The van der Waals surface area contributed by atoms with Crippen LogP contribution in [0, 0.1) is 12.3 Å². The van der Waals surface area contributed by atoms with E-state index in [9.17, 15) is 4.79 Å². The Labute approximate surface area is 114 Å². The lowest BCUT2D eigenvalue weighted by Gasteiger charge is -2.09. The fourth-order valence-corrected chi connectivity index (χ4v) is 2.48. The summed E-state index contributed by atoms with van der Waals surface area (Å²) in [4.78, 5) is 12.5. The highest BCUT2D eigenvalue weighted by Crippen LogP contribution is 2.14. The molecule has 0 fully saturated rings. The summed E-state index contributed by atoms with van der Waals surface area (Å²) < 4.78 is 6.55. The Bertz CT molecular complexity index is 631. The summed E-state index contributed by atoms with van der Waals surface area (Å²) in [5.41, 5.74) is 4.63. The van der Waals surface area contributed by atoms with Crippen molar-refractivity contribution in [2.75, 3.05) is 12.0 Å². The van der Waals surface area contributed by atoms with E-state index in [1.807, 2.05) is 30.3 Å². The molecule has 1 heterocycles. The third-order valence-electron chi connectivity index (χ3n) is 2.54. The summed E-state index contributed by atoms with van der Waals surface area (Å²) >= 11 is 1.10. The monoisotopic (exact) mass is 277 g/mol. The van der Waals surface area contributed by atoms with Gasteiger partial charge >= 0.3 is 5.97 Å². The molecule has 19 heavy (non-hydrogen) atoms. The fourth-order valence-electron chi connectivity index (χ4n) is 1.63. The Morgan fingerprint density at radius 2 is 2.11 bits per heavy atom. The molecule has 0 atom stereocenters. The average molecular weight is 277 g/mol. The minimum atomic E-state index is -0.382. The molecule has 1 aromatic heterocycles. The van der Waals surface area contributed by atoms with Gasteiger partial charge in [-0.05, 0) is 26.0 Å². The van der Waals surface area contributed by atoms with E-state index in [2.05, 4.69) is 5.43 Å². The van der Waals surface area contributed by atoms with Crippen molar-refractivity contribution < 1.29 is 9.53 Å². The van der Waals surface area contributed by atoms with E-state index in [0.717, 1.165) is 17.0 Å². The molecule has 0 aliphatic rings. The lowest BCUT2D eigenvalue weighted by Crippen LogP contribution is -2.22. The van der Waals surface area contributed by atoms with Gasteiger partial charge < -0.3 is 4.74 Å². The number of nitrogens with zero attached hydrogens (tertiary/aromatic N) is 1. The molecule has 100 valence electrons. The van der Waals surface area contributed by atoms with E-state index in [0.29, 0.717) is 17.2 Å². The number of rotatable bonds is 4. The molecule has 0 aliphatic heterocycles. The van der Waals surface area contributed by atoms with E-state index >= 15 is 0 Å². The molecule has 2 aromatic rings. The third kappa shape index (κ3) is 2.85. The molecule has 6 heteroatoms. The maximum Gasteiger partial charge on any atom is 0.350 e. The van der Waals surface area contributed by atoms with Crippen molar-refractivity contribution in [1.29, 1.82) is 5.41 Å². The van der Waals surface area contributed by atoms with Gasteiger partial charge in [-0.3, -0.25) is 10.8 Å². The van der Waals surface area contributed by atoms with Gasteiger partial charge in [0.2, 0.25) is 4.80 Å². The van der Waals surface area contributed by atoms with E-state index in [-0.39, 0.29) is 10.8 Å². The first-order valence-corrected chi connectivity index (χ1v) is 6.71. The van der Waals surface area contributed by atoms with Crippen LogP contribution in [0.1, 0.15) is 22.3 Å². The normalized spacial score (nSPS) is 10.2. The molecule has 5 nitrogen and oxygen atoms in total. The summed E-state index contributed by atoms with van der Waals surface area (Å²) in [6.45, 7) is 3.88. The number of esters is 1. The maximum atomic E-state index is 11.7. The quantitative estimate of drug-likeness (QED) is 0.843. The summed E-state index contributed by atoms with van der Waals surface area (Å²) in [7, 11) is 0. The number of thiazole rings is 1. The first kappa shape index (κ1) is 13.4. The van der Waals surface area contributed by atoms with Crippen molar-refractivity contribution in [3.63, 3.8) is 0 Å². The predicted octanol–water partition coefficient (Wildman–Crippen LogP) is 2.39. The van der Waals surface area contributed by atoms with Crippen LogP contribution in [0.15, 0.2) is 30.3 Å². The second-order valence-electron chi connectivity index (χ2n) is 3.86. The SMILES string of the molecule is CCOC(=O)c1sc(=N)n(Nc2ccccc2)c1C. The number of anilines is 1. The summed E-state index contributed by atoms with van der Waals surface area (Å²) in [5, 5.41) is 7.92. The Balaban J connectivity index is 2.32. The zero-order chi connectivity index (χ0) is 13.8. The van der Waals surface area contributed by atoms with Gasteiger partial charge in [-0.15, -0.1) is 0 Å². The Morgan fingerprint density at radius 1 is 1.42 bits per heavy atom. The topological polar surface area (TPSA) is 67.1 Å². The van der Waals surface area contributed by atoms with E-state index in [1.165, 1.54) is 0 Å². The first-order chi connectivity index (χ1) is 9.13. The van der Waals surface area contributed by atoms with Gasteiger partial charge in [0.1, 0.15) is 4.88 Å². The summed E-state index contributed by atoms with van der Waals surface area (Å²) in [6.07, 6.45) is 0. The van der Waals surface area contributed by atoms with Gasteiger partial charge in [0.25, 0.3) is 0 Å². The van der Waals surface area contributed by atoms with Crippen LogP contribution < -0.4 is 10.2 Å². The highest BCUT2D eigenvalue weighted by molar-refractivity contribution is 7.11. The van der Waals surface area contributed by atoms with Crippen molar-refractivity contribution in [3.8, 4) is 0 Å². The molecule has 0 radical (unpaired) electrons. The lowest BCUT2D eigenvalue weighted by atomic mass is 10.3. The zero-order valence-electron chi connectivity index (χ0n) is 10.8. The predicted molar refractivity (Wildman–Crippen MR) is 74.3 cm³/mol. The molecule has 0 amide bonds. The molecule has 2 rings (SSSR count). The number of hydrogen-bond acceptors (Lipinski definition) is 5. The largest absolute Gasteiger partial charge is 0.462 e. The van der Waals surface area contributed by atoms with Gasteiger partial charge in [0.05, 0.1) is 18.0 Å². The van der Waals surface area contributed by atoms with Crippen molar-refractivity contribution in [2.45, 2.75) is 13.8 Å². The second-order valence-corrected chi connectivity index (χ2v) is 4.85. The molecular formula is C13H15N3O2S. The summed E-state index contributed by atoms with van der Waals surface area (Å²) in [5.74, 6) is -0.382. The van der Waals surface area contributed by atoms with Crippen molar-refractivity contribution in [3.05, 3.63) is 45.7 Å². The molecular weight excluding hydrogens is 262 g/mol. The molecule has 0 saturated carbocycles. The van der Waals surface area contributed by atoms with Gasteiger partial charge in [-0.1, -0.05) is 29.5 Å². The molecule has 0 aliphatic carbocycles. The van der Waals surface area contributed by atoms with Crippen LogP contribution >= 0.6 is 11.3 Å². The van der Waals surface area contributed by atoms with E-state index in [1.54, 1.807) is 18.5 Å². The van der Waals surface area contributed by atoms with E-state index in [4.69, 9.17) is 10.1 Å². The van der Waals surface area contributed by atoms with Crippen LogP contribution in [-0.4, -0.2) is 17.3 Å². The lowest BCUT2D eigenvalue weighted by molar-refractivity contribution is 0.0530. The van der Waals surface area contributed by atoms with Gasteiger partial charge in [-0.25, -0.2) is 9.47 Å². The van der Waals surface area contributed by atoms with Crippen molar-refractivity contribution in [1.82, 2.24) is 4.68 Å².